The van der Waals surface area contributed by atoms with Crippen molar-refractivity contribution in [1.29, 1.82) is 0 Å². The van der Waals surface area contributed by atoms with Gasteiger partial charge in [-0.05, 0) is 123 Å². The number of pyridine rings is 9. The minimum Gasteiger partial charge on any atom is -0.310 e. The lowest BCUT2D eigenvalue weighted by atomic mass is 9.97. The Kier molecular flexibility index (Phi) is 13.3. The Morgan fingerprint density at radius 2 is 0.953 bits per heavy atom. The van der Waals surface area contributed by atoms with Gasteiger partial charge in [-0.15, -0.1) is 0 Å². The van der Waals surface area contributed by atoms with Crippen molar-refractivity contribution in [3.63, 3.8) is 0 Å². The minimum absolute atomic E-state index is 0.0245. The largest absolute Gasteiger partial charge is 0.310 e. The normalized spacial score (nSPS) is 21.9. The van der Waals surface area contributed by atoms with Crippen molar-refractivity contribution in [2.75, 3.05) is 16.0 Å². The second kappa shape index (κ2) is 21.1. The van der Waals surface area contributed by atoms with Crippen molar-refractivity contribution in [2.45, 2.75) is 96.4 Å². The molecule has 430 valence electrons. The summed E-state index contributed by atoms with van der Waals surface area (Å²) in [6, 6.07) is 13.6. The van der Waals surface area contributed by atoms with E-state index in [-0.39, 0.29) is 101 Å². The number of halogens is 4. The molecule has 0 bridgehead atoms. The second-order valence-corrected chi connectivity index (χ2v) is 23.4. The Balaban J connectivity index is 0.788. The van der Waals surface area contributed by atoms with Gasteiger partial charge in [0, 0.05) is 137 Å². The average Bonchev–Trinajstić information content (AvgIpc) is 3.00. The lowest BCUT2D eigenvalue weighted by Crippen LogP contribution is -2.25. The summed E-state index contributed by atoms with van der Waals surface area (Å²) in [6.07, 6.45) is 13.8. The smallest absolute Gasteiger partial charge is 0.259 e. The molecule has 3 N–H and O–H groups in total. The van der Waals surface area contributed by atoms with Crippen molar-refractivity contribution in [3.05, 3.63) is 158 Å². The van der Waals surface area contributed by atoms with Crippen LogP contribution in [-0.4, -0.2) is 79.8 Å². The molecule has 8 atom stereocenters. The van der Waals surface area contributed by atoms with Crippen LogP contribution in [-0.2, 0) is 46.9 Å². The monoisotopic (exact) mass is 1150 g/mol. The molecule has 0 aromatic carbocycles. The zero-order chi connectivity index (χ0) is 58.5. The quantitative estimate of drug-likeness (QED) is 0.0684. The molecule has 18 nitrogen and oxygen atoms in total. The minimum atomic E-state index is -1.24. The van der Waals surface area contributed by atoms with Gasteiger partial charge in [0.25, 0.3) is 16.7 Å². The van der Waals surface area contributed by atoms with E-state index >= 15 is 4.79 Å². The van der Waals surface area contributed by atoms with E-state index in [1.807, 2.05) is 6.07 Å². The van der Waals surface area contributed by atoms with E-state index in [0.717, 1.165) is 31.0 Å². The van der Waals surface area contributed by atoms with E-state index in [1.165, 1.54) is 17.0 Å². The van der Waals surface area contributed by atoms with E-state index in [2.05, 4.69) is 45.9 Å². The van der Waals surface area contributed by atoms with Gasteiger partial charge in [0.2, 0.25) is 17.7 Å². The SMILES string of the molecule is Cc1c(F)cncc1-c1cc2cnc(NC(=O)[C@H]3C[C@@H]3F)cc2n(CCc2ccncc2-c2cc3cnc(NC(=O)C4CC4F)cc3n(CC3CC3Cc3ccncc3-c3cc4cnc(NC(=O)[C@@H]5C[C@@H]5F)cc4n(CC4CC4)c3=O)c2=O)c1=O. The van der Waals surface area contributed by atoms with Crippen LogP contribution in [0.2, 0.25) is 0 Å². The summed E-state index contributed by atoms with van der Waals surface area (Å²) in [5.74, 6) is -3.51. The zero-order valence-electron chi connectivity index (χ0n) is 45.8. The molecule has 3 amide bonds. The van der Waals surface area contributed by atoms with Crippen molar-refractivity contribution < 1.29 is 31.9 Å². The number of amides is 3. The zero-order valence-corrected chi connectivity index (χ0v) is 45.8. The predicted molar refractivity (Wildman–Crippen MR) is 309 cm³/mol. The standard InChI is InChI=1S/C63H54F4N12O6/c1-30-45(24-70-27-51(30)67)39-12-35-21-71-55(74-58(80)42-15-48(42)64)18-52(35)77(61(39)83)9-6-32-4-7-68-25-46(32)40-13-37-23-73-57(76-60(82)44-17-50(44)66)20-54(37)79(63(40)85)29-38-11-34(38)10-33-5-8-69-26-47(33)41-14-36-22-72-56(75-59(81)43-16-49(43)65)19-53(36)78(62(41)84)28-31-2-3-31/h4-5,7-8,12-14,18-27,31,34,38,42-44,48-50H,2-3,6,9-11,15-17,28-29H2,1H3,(H,71,74,80)(H,72,75,81)(H,73,76,82)/t34?,38?,42-,43+,44?,48-,49-,50?/m0/s1. The van der Waals surface area contributed by atoms with Gasteiger partial charge in [0.05, 0.1) is 40.5 Å². The van der Waals surface area contributed by atoms with E-state index in [0.29, 0.717) is 73.8 Å². The first-order chi connectivity index (χ1) is 41.1. The highest BCUT2D eigenvalue weighted by Gasteiger charge is 2.46. The molecule has 22 heteroatoms. The number of aryl methyl sites for hydroxylation is 2. The van der Waals surface area contributed by atoms with Crippen LogP contribution in [0.4, 0.5) is 35.0 Å². The molecule has 5 saturated carbocycles. The van der Waals surface area contributed by atoms with Gasteiger partial charge in [-0.25, -0.2) is 32.5 Å². The molecule has 9 heterocycles. The second-order valence-electron chi connectivity index (χ2n) is 23.4. The number of nitrogens with zero attached hydrogens (tertiary/aromatic N) is 9. The molecular weight excluding hydrogens is 1100 g/mol. The van der Waals surface area contributed by atoms with E-state index < -0.39 is 65.4 Å². The van der Waals surface area contributed by atoms with Crippen LogP contribution < -0.4 is 32.6 Å². The first-order valence-electron chi connectivity index (χ1n) is 28.5. The van der Waals surface area contributed by atoms with Gasteiger partial charge in [-0.2, -0.15) is 0 Å². The van der Waals surface area contributed by atoms with E-state index in [9.17, 15) is 41.5 Å². The molecule has 5 aliphatic rings. The third kappa shape index (κ3) is 10.5. The highest BCUT2D eigenvalue weighted by atomic mass is 19.1. The number of fused-ring (bicyclic) bond motifs is 3. The molecular formula is C63H54F4N12O6. The summed E-state index contributed by atoms with van der Waals surface area (Å²) in [6.45, 7) is 2.30. The van der Waals surface area contributed by atoms with E-state index in [4.69, 9.17) is 0 Å². The molecule has 85 heavy (non-hydrogen) atoms. The molecule has 9 aromatic heterocycles. The van der Waals surface area contributed by atoms with Crippen LogP contribution in [0.1, 0.15) is 55.2 Å². The van der Waals surface area contributed by atoms with Crippen molar-refractivity contribution in [3.8, 4) is 33.4 Å². The fourth-order valence-corrected chi connectivity index (χ4v) is 11.7. The summed E-state index contributed by atoms with van der Waals surface area (Å²) in [5, 5.41) is 9.86. The van der Waals surface area contributed by atoms with Crippen molar-refractivity contribution >= 4 is 67.9 Å². The van der Waals surface area contributed by atoms with Gasteiger partial charge < -0.3 is 29.7 Å². The maximum Gasteiger partial charge on any atom is 0.259 e. The van der Waals surface area contributed by atoms with Crippen LogP contribution in [0, 0.1) is 48.2 Å². The molecule has 4 unspecified atom stereocenters. The van der Waals surface area contributed by atoms with Gasteiger partial charge in [-0.1, -0.05) is 0 Å². The molecule has 14 rings (SSSR count). The van der Waals surface area contributed by atoms with Gasteiger partial charge in [0.1, 0.15) is 41.8 Å². The number of hydrogen-bond donors (Lipinski definition) is 3. The summed E-state index contributed by atoms with van der Waals surface area (Å²) in [7, 11) is 0. The van der Waals surface area contributed by atoms with Crippen molar-refractivity contribution in [2.24, 2.45) is 35.5 Å². The van der Waals surface area contributed by atoms with Crippen LogP contribution in [0.5, 0.6) is 0 Å². The lowest BCUT2D eigenvalue weighted by molar-refractivity contribution is -0.118. The topological polar surface area (TPSA) is 231 Å². The first-order valence-corrected chi connectivity index (χ1v) is 28.5. The Labute approximate surface area is 480 Å². The van der Waals surface area contributed by atoms with Crippen molar-refractivity contribution in [1.82, 2.24) is 43.6 Å². The Morgan fingerprint density at radius 3 is 1.45 bits per heavy atom. The number of carbonyl (C=O) groups excluding carboxylic acids is 3. The number of rotatable bonds is 18. The summed E-state index contributed by atoms with van der Waals surface area (Å²) < 4.78 is 61.6. The van der Waals surface area contributed by atoms with Crippen LogP contribution in [0.25, 0.3) is 66.1 Å². The number of hydrogen-bond acceptors (Lipinski definition) is 12. The summed E-state index contributed by atoms with van der Waals surface area (Å²) >= 11 is 0. The van der Waals surface area contributed by atoms with E-state index in [1.54, 1.807) is 95.7 Å². The summed E-state index contributed by atoms with van der Waals surface area (Å²) in [4.78, 5) is 110. The Morgan fingerprint density at radius 1 is 0.518 bits per heavy atom. The Hall–Kier alpha value is -9.34. The van der Waals surface area contributed by atoms with Crippen LogP contribution >= 0.6 is 0 Å². The fourth-order valence-electron chi connectivity index (χ4n) is 11.7. The number of aromatic nitrogens is 9. The predicted octanol–water partition coefficient (Wildman–Crippen LogP) is 8.87. The maximum atomic E-state index is 15.4. The maximum absolute atomic E-state index is 15.4. The van der Waals surface area contributed by atoms with Gasteiger partial charge in [0.15, 0.2) is 0 Å². The molecule has 0 saturated heterocycles. The fraction of sp³-hybridized carbons (Fsp3) is 0.333. The molecule has 0 radical (unpaired) electrons. The summed E-state index contributed by atoms with van der Waals surface area (Å²) in [5.41, 5.74) is 4.45. The molecule has 5 aliphatic carbocycles. The first kappa shape index (κ1) is 53.7. The third-order valence-electron chi connectivity index (χ3n) is 17.4. The highest BCUT2D eigenvalue weighted by molar-refractivity contribution is 5.98. The Bertz CT molecular complexity index is 4490. The lowest BCUT2D eigenvalue weighted by Gasteiger charge is -2.18. The van der Waals surface area contributed by atoms with Crippen LogP contribution in [0.3, 0.4) is 0 Å². The third-order valence-corrected chi connectivity index (χ3v) is 17.4. The average molecular weight is 1150 g/mol. The highest BCUT2D eigenvalue weighted by Crippen LogP contribution is 2.45. The molecule has 9 aromatic rings. The molecule has 0 spiro atoms. The number of nitrogens with one attached hydrogen (secondary N) is 3. The molecule has 0 aliphatic heterocycles. The van der Waals surface area contributed by atoms with Crippen LogP contribution in [0.15, 0.2) is 119 Å². The number of anilines is 3. The number of carbonyl (C=O) groups is 3. The van der Waals surface area contributed by atoms with Gasteiger partial charge in [-0.3, -0.25) is 43.7 Å². The van der Waals surface area contributed by atoms with Gasteiger partial charge >= 0.3 is 0 Å². The number of alkyl halides is 3. The molecule has 5 fully saturated rings.